The third kappa shape index (κ3) is 7.55. The summed E-state index contributed by atoms with van der Waals surface area (Å²) in [5, 5.41) is 12.2. The monoisotopic (exact) mass is 562 g/mol. The molecule has 3 rings (SSSR count). The van der Waals surface area contributed by atoms with E-state index in [1.807, 2.05) is 54.0 Å². The van der Waals surface area contributed by atoms with Gasteiger partial charge in [-0.15, -0.1) is 0 Å². The van der Waals surface area contributed by atoms with Crippen LogP contribution in [0.2, 0.25) is 0 Å². The summed E-state index contributed by atoms with van der Waals surface area (Å²) in [6, 6.07) is 23.6. The Kier molecular flexibility index (Phi) is 9.55. The Bertz CT molecular complexity index is 1310. The molecule has 0 spiro atoms. The molecule has 11 heteroatoms. The summed E-state index contributed by atoms with van der Waals surface area (Å²) in [4.78, 5) is 3.64. The molecule has 0 aliphatic rings. The number of nitrogens with zero attached hydrogens (tertiary/aromatic N) is 2. The molecule has 3 N–H and O–H groups in total. The Hall–Kier alpha value is -2.96. The van der Waals surface area contributed by atoms with Crippen molar-refractivity contribution in [2.45, 2.75) is 19.4 Å². The van der Waals surface area contributed by atoms with Crippen LogP contribution in [-0.2, 0) is 25.8 Å². The molecule has 0 saturated carbocycles. The van der Waals surface area contributed by atoms with Crippen molar-refractivity contribution in [1.29, 1.82) is 0 Å². The van der Waals surface area contributed by atoms with Crippen LogP contribution in [0.5, 0.6) is 0 Å². The fourth-order valence-corrected chi connectivity index (χ4v) is 5.30. The van der Waals surface area contributed by atoms with Gasteiger partial charge in [-0.25, -0.2) is 0 Å². The quantitative estimate of drug-likeness (QED) is 0.212. The molecule has 0 saturated heterocycles. The summed E-state index contributed by atoms with van der Waals surface area (Å²) in [6.45, 7) is 5.09. The van der Waals surface area contributed by atoms with E-state index in [-0.39, 0.29) is 24.6 Å². The van der Waals surface area contributed by atoms with Gasteiger partial charge in [0.1, 0.15) is 5.60 Å². The van der Waals surface area contributed by atoms with E-state index in [9.17, 15) is 21.9 Å². The lowest BCUT2D eigenvalue weighted by Crippen LogP contribution is -2.31. The van der Waals surface area contributed by atoms with Crippen LogP contribution in [0.4, 0.5) is 11.4 Å². The second kappa shape index (κ2) is 12.3. The Labute approximate surface area is 224 Å². The molecule has 0 radical (unpaired) electrons. The first-order chi connectivity index (χ1) is 17.9. The first-order valence-electron chi connectivity index (χ1n) is 12.3. The smallest absolute Gasteiger partial charge is 0.266 e. The third-order valence-electron chi connectivity index (χ3n) is 6.49. The number of rotatable bonds is 13. The zero-order valence-electron chi connectivity index (χ0n) is 21.4. The molecule has 0 aliphatic carbocycles. The van der Waals surface area contributed by atoms with Gasteiger partial charge in [-0.05, 0) is 54.8 Å². The standard InChI is InChI=1S/C27H34N2O7S2/c1-3-28(18-20-37(31,32)33)25-14-10-23(11-15-25)27(30,22-8-6-5-7-9-22)24-12-16-26(17-13-24)29(4-2)19-21-38(34,35)36/h5-17,30H,3-4,18-21H2,1-2H3,(H,31,32,33)(H,34,35,36). The van der Waals surface area contributed by atoms with Gasteiger partial charge in [-0.3, -0.25) is 9.11 Å². The molecule has 0 unspecified atom stereocenters. The van der Waals surface area contributed by atoms with Crippen molar-refractivity contribution < 1.29 is 31.0 Å². The predicted octanol–water partition coefficient (Wildman–Crippen LogP) is 3.40. The van der Waals surface area contributed by atoms with Gasteiger partial charge < -0.3 is 14.9 Å². The molecule has 3 aromatic carbocycles. The van der Waals surface area contributed by atoms with Gasteiger partial charge in [0.2, 0.25) is 0 Å². The molecule has 38 heavy (non-hydrogen) atoms. The van der Waals surface area contributed by atoms with Crippen molar-refractivity contribution in [2.75, 3.05) is 47.5 Å². The highest BCUT2D eigenvalue weighted by Crippen LogP contribution is 2.38. The molecule has 0 amide bonds. The first-order valence-corrected chi connectivity index (χ1v) is 15.5. The first kappa shape index (κ1) is 29.6. The lowest BCUT2D eigenvalue weighted by Gasteiger charge is -2.32. The predicted molar refractivity (Wildman–Crippen MR) is 150 cm³/mol. The van der Waals surface area contributed by atoms with E-state index in [0.717, 1.165) is 11.4 Å². The van der Waals surface area contributed by atoms with Crippen LogP contribution in [0.15, 0.2) is 78.9 Å². The number of aliphatic hydroxyl groups is 1. The van der Waals surface area contributed by atoms with Gasteiger partial charge in [-0.2, -0.15) is 16.8 Å². The maximum atomic E-state index is 12.2. The van der Waals surface area contributed by atoms with Crippen LogP contribution >= 0.6 is 0 Å². The third-order valence-corrected chi connectivity index (χ3v) is 7.89. The maximum Gasteiger partial charge on any atom is 0.266 e. The molecule has 3 aromatic rings. The van der Waals surface area contributed by atoms with E-state index in [1.54, 1.807) is 48.5 Å². The number of hydrogen-bond acceptors (Lipinski definition) is 7. The van der Waals surface area contributed by atoms with Gasteiger partial charge in [0, 0.05) is 37.6 Å². The SMILES string of the molecule is CCN(CCS(=O)(=O)O)c1ccc(C(O)(c2ccccc2)c2ccc(N(CC)CCS(=O)(=O)O)cc2)cc1. The van der Waals surface area contributed by atoms with E-state index in [0.29, 0.717) is 29.8 Å². The van der Waals surface area contributed by atoms with E-state index in [2.05, 4.69) is 0 Å². The molecular weight excluding hydrogens is 528 g/mol. The summed E-state index contributed by atoms with van der Waals surface area (Å²) in [5.41, 5.74) is 1.86. The summed E-state index contributed by atoms with van der Waals surface area (Å²) in [6.07, 6.45) is 0. The summed E-state index contributed by atoms with van der Waals surface area (Å²) >= 11 is 0. The van der Waals surface area contributed by atoms with Crippen molar-refractivity contribution >= 4 is 31.6 Å². The topological polar surface area (TPSA) is 135 Å². The minimum Gasteiger partial charge on any atom is -0.376 e. The molecule has 0 fully saturated rings. The Morgan fingerprint density at radius 2 is 0.947 bits per heavy atom. The molecule has 206 valence electrons. The highest BCUT2D eigenvalue weighted by atomic mass is 32.2. The molecule has 0 atom stereocenters. The second-order valence-electron chi connectivity index (χ2n) is 8.90. The van der Waals surface area contributed by atoms with Crippen LogP contribution in [0.1, 0.15) is 30.5 Å². The van der Waals surface area contributed by atoms with Gasteiger partial charge in [0.05, 0.1) is 11.5 Å². The Balaban J connectivity index is 1.97. The van der Waals surface area contributed by atoms with Crippen LogP contribution < -0.4 is 9.80 Å². The fourth-order valence-electron chi connectivity index (χ4n) is 4.40. The highest BCUT2D eigenvalue weighted by Gasteiger charge is 2.34. The molecular formula is C27H34N2O7S2. The van der Waals surface area contributed by atoms with Crippen molar-refractivity contribution in [3.8, 4) is 0 Å². The van der Waals surface area contributed by atoms with Crippen LogP contribution in [-0.4, -0.2) is 68.7 Å². The van der Waals surface area contributed by atoms with Gasteiger partial charge in [0.25, 0.3) is 20.2 Å². The van der Waals surface area contributed by atoms with Crippen LogP contribution in [0.25, 0.3) is 0 Å². The van der Waals surface area contributed by atoms with Gasteiger partial charge in [0.15, 0.2) is 0 Å². The van der Waals surface area contributed by atoms with E-state index >= 15 is 0 Å². The number of benzene rings is 3. The van der Waals surface area contributed by atoms with E-state index in [4.69, 9.17) is 9.11 Å². The molecule has 0 aliphatic heterocycles. The van der Waals surface area contributed by atoms with Gasteiger partial charge in [-0.1, -0.05) is 54.6 Å². The van der Waals surface area contributed by atoms with Crippen LogP contribution in [0.3, 0.4) is 0 Å². The minimum atomic E-state index is -4.09. The Morgan fingerprint density at radius 3 is 1.26 bits per heavy atom. The largest absolute Gasteiger partial charge is 0.376 e. The highest BCUT2D eigenvalue weighted by molar-refractivity contribution is 7.86. The van der Waals surface area contributed by atoms with Crippen molar-refractivity contribution in [3.63, 3.8) is 0 Å². The summed E-state index contributed by atoms with van der Waals surface area (Å²) < 4.78 is 63.0. The average molecular weight is 563 g/mol. The molecule has 0 aromatic heterocycles. The minimum absolute atomic E-state index is 0.130. The summed E-state index contributed by atoms with van der Waals surface area (Å²) in [7, 11) is -8.18. The van der Waals surface area contributed by atoms with Crippen molar-refractivity contribution in [3.05, 3.63) is 95.6 Å². The Morgan fingerprint density at radius 1 is 0.605 bits per heavy atom. The number of anilines is 2. The molecule has 9 nitrogen and oxygen atoms in total. The van der Waals surface area contributed by atoms with Gasteiger partial charge >= 0.3 is 0 Å². The van der Waals surface area contributed by atoms with E-state index < -0.39 is 25.8 Å². The maximum absolute atomic E-state index is 12.2. The summed E-state index contributed by atoms with van der Waals surface area (Å²) in [5.74, 6) is -0.774. The fraction of sp³-hybridized carbons (Fsp3) is 0.333. The lowest BCUT2D eigenvalue weighted by molar-refractivity contribution is 0.126. The zero-order chi connectivity index (χ0) is 28.0. The second-order valence-corrected chi connectivity index (χ2v) is 12.0. The molecule has 0 bridgehead atoms. The molecule has 0 heterocycles. The van der Waals surface area contributed by atoms with Crippen molar-refractivity contribution in [1.82, 2.24) is 0 Å². The van der Waals surface area contributed by atoms with Crippen molar-refractivity contribution in [2.24, 2.45) is 0 Å². The number of hydrogen-bond donors (Lipinski definition) is 3. The zero-order valence-corrected chi connectivity index (χ0v) is 23.1. The lowest BCUT2D eigenvalue weighted by atomic mass is 9.80. The normalized spacial score (nSPS) is 12.3. The van der Waals surface area contributed by atoms with E-state index in [1.165, 1.54) is 0 Å². The van der Waals surface area contributed by atoms with Crippen LogP contribution in [0, 0.1) is 0 Å². The average Bonchev–Trinajstić information content (AvgIpc) is 2.89.